The first-order valence-corrected chi connectivity index (χ1v) is 10.5. The van der Waals surface area contributed by atoms with Crippen LogP contribution in [0, 0.1) is 13.8 Å². The number of anilines is 1. The van der Waals surface area contributed by atoms with Gasteiger partial charge in [-0.25, -0.2) is 9.97 Å². The number of imidazole rings is 1. The van der Waals surface area contributed by atoms with Crippen LogP contribution in [0.1, 0.15) is 27.4 Å². The molecule has 1 aliphatic heterocycles. The van der Waals surface area contributed by atoms with Crippen LogP contribution in [0.2, 0.25) is 5.02 Å². The molecule has 0 spiro atoms. The van der Waals surface area contributed by atoms with Crippen molar-refractivity contribution < 1.29 is 9.90 Å². The Morgan fingerprint density at radius 2 is 2.03 bits per heavy atom. The lowest BCUT2D eigenvalue weighted by Gasteiger charge is -2.29. The smallest absolute Gasteiger partial charge is 0.273 e. The number of likely N-dealkylation sites (N-methyl/N-ethyl adjacent to an activating group) is 1. The van der Waals surface area contributed by atoms with Gasteiger partial charge in [-0.1, -0.05) is 17.7 Å². The summed E-state index contributed by atoms with van der Waals surface area (Å²) in [5, 5.41) is 9.62. The number of fused-ring (bicyclic) bond motifs is 1. The minimum absolute atomic E-state index is 0.0799. The summed E-state index contributed by atoms with van der Waals surface area (Å²) in [6, 6.07) is 4.05. The molecule has 0 saturated heterocycles. The number of hydrogen-bond acceptors (Lipinski definition) is 6. The molecule has 1 aliphatic rings. The van der Waals surface area contributed by atoms with Gasteiger partial charge in [0.25, 0.3) is 5.91 Å². The zero-order valence-electron chi connectivity index (χ0n) is 17.8. The highest BCUT2D eigenvalue weighted by Gasteiger charge is 2.24. The second-order valence-corrected chi connectivity index (χ2v) is 8.22. The normalized spacial score (nSPS) is 13.3. The molecule has 8 nitrogen and oxygen atoms in total. The van der Waals surface area contributed by atoms with Crippen LogP contribution in [-0.4, -0.2) is 62.2 Å². The Morgan fingerprint density at radius 1 is 1.23 bits per heavy atom. The van der Waals surface area contributed by atoms with Crippen LogP contribution in [0.3, 0.4) is 0 Å². The van der Waals surface area contributed by atoms with Crippen LogP contribution in [0.4, 0.5) is 5.82 Å². The first-order valence-electron chi connectivity index (χ1n) is 10.1. The molecule has 3 aromatic rings. The number of hydrogen-bond donors (Lipinski definition) is 1. The third-order valence-corrected chi connectivity index (χ3v) is 5.74. The van der Waals surface area contributed by atoms with Crippen molar-refractivity contribution >= 4 is 23.3 Å². The van der Waals surface area contributed by atoms with Gasteiger partial charge in [0, 0.05) is 50.8 Å². The van der Waals surface area contributed by atoms with Gasteiger partial charge in [-0.15, -0.1) is 0 Å². The number of rotatable bonds is 5. The van der Waals surface area contributed by atoms with Crippen molar-refractivity contribution in [2.45, 2.75) is 26.9 Å². The van der Waals surface area contributed by atoms with E-state index in [1.165, 1.54) is 4.90 Å². The summed E-state index contributed by atoms with van der Waals surface area (Å²) < 4.78 is 2.00. The monoisotopic (exact) mass is 440 g/mol. The van der Waals surface area contributed by atoms with E-state index >= 15 is 0 Å². The van der Waals surface area contributed by atoms with Crippen molar-refractivity contribution in [3.8, 4) is 11.3 Å². The van der Waals surface area contributed by atoms with Crippen LogP contribution in [0.15, 0.2) is 30.7 Å². The first kappa shape index (κ1) is 21.3. The molecule has 1 N–H and O–H groups in total. The highest BCUT2D eigenvalue weighted by atomic mass is 35.5. The summed E-state index contributed by atoms with van der Waals surface area (Å²) in [5.41, 5.74) is 4.24. The fourth-order valence-corrected chi connectivity index (χ4v) is 3.97. The molecule has 0 radical (unpaired) electrons. The van der Waals surface area contributed by atoms with Gasteiger partial charge in [0.2, 0.25) is 0 Å². The van der Waals surface area contributed by atoms with Crippen LogP contribution >= 0.6 is 11.6 Å². The largest absolute Gasteiger partial charge is 0.395 e. The topological polar surface area (TPSA) is 87.4 Å². The molecule has 0 saturated carbocycles. The lowest BCUT2D eigenvalue weighted by atomic mass is 10.1. The molecule has 162 valence electrons. The zero-order valence-corrected chi connectivity index (χ0v) is 18.6. The van der Waals surface area contributed by atoms with Gasteiger partial charge < -0.3 is 19.5 Å². The predicted octanol–water partition coefficient (Wildman–Crippen LogP) is 2.69. The molecule has 0 unspecified atom stereocenters. The maximum absolute atomic E-state index is 12.5. The number of aliphatic hydroxyl groups is 1. The van der Waals surface area contributed by atoms with Crippen molar-refractivity contribution in [1.82, 2.24) is 24.4 Å². The number of aliphatic hydroxyl groups excluding tert-OH is 1. The third-order valence-electron chi connectivity index (χ3n) is 5.44. The third kappa shape index (κ3) is 4.26. The van der Waals surface area contributed by atoms with E-state index in [4.69, 9.17) is 16.7 Å². The van der Waals surface area contributed by atoms with Gasteiger partial charge in [0.15, 0.2) is 0 Å². The molecular weight excluding hydrogens is 416 g/mol. The Morgan fingerprint density at radius 3 is 2.77 bits per heavy atom. The van der Waals surface area contributed by atoms with E-state index < -0.39 is 0 Å². The molecule has 31 heavy (non-hydrogen) atoms. The maximum atomic E-state index is 12.5. The summed E-state index contributed by atoms with van der Waals surface area (Å²) in [4.78, 5) is 29.7. The molecule has 4 rings (SSSR count). The van der Waals surface area contributed by atoms with Gasteiger partial charge in [0.05, 0.1) is 23.9 Å². The SMILES string of the molecule is Cc1cnc(-c2cc(N3CCn4cc(C(=O)N(C)CCO)nc4C3)ncc2Cl)c(C)c1. The average Bonchev–Trinajstić information content (AvgIpc) is 3.17. The Hall–Kier alpha value is -2.97. The van der Waals surface area contributed by atoms with E-state index in [0.29, 0.717) is 23.8 Å². The number of aryl methyl sites for hydroxylation is 2. The molecule has 1 amide bonds. The zero-order chi connectivity index (χ0) is 22.1. The molecule has 0 aromatic carbocycles. The molecule has 0 fully saturated rings. The summed E-state index contributed by atoms with van der Waals surface area (Å²) in [6.45, 7) is 6.19. The number of amides is 1. The number of carbonyl (C=O) groups is 1. The van der Waals surface area contributed by atoms with Crippen molar-refractivity contribution in [3.05, 3.63) is 58.4 Å². The Kier molecular flexibility index (Phi) is 5.93. The lowest BCUT2D eigenvalue weighted by molar-refractivity contribution is 0.0761. The highest BCUT2D eigenvalue weighted by Crippen LogP contribution is 2.32. The van der Waals surface area contributed by atoms with Crippen molar-refractivity contribution in [2.24, 2.45) is 0 Å². The first-order chi connectivity index (χ1) is 14.9. The van der Waals surface area contributed by atoms with Gasteiger partial charge in [-0.2, -0.15) is 0 Å². The van der Waals surface area contributed by atoms with Gasteiger partial charge >= 0.3 is 0 Å². The number of aromatic nitrogens is 4. The number of carbonyl (C=O) groups excluding carboxylic acids is 1. The molecule has 3 aromatic heterocycles. The molecule has 9 heteroatoms. The lowest BCUT2D eigenvalue weighted by Crippen LogP contribution is -2.34. The molecule has 4 heterocycles. The van der Waals surface area contributed by atoms with E-state index in [9.17, 15) is 4.79 Å². The maximum Gasteiger partial charge on any atom is 0.273 e. The van der Waals surface area contributed by atoms with Crippen molar-refractivity contribution in [2.75, 3.05) is 31.6 Å². The van der Waals surface area contributed by atoms with Gasteiger partial charge in [-0.3, -0.25) is 9.78 Å². The van der Waals surface area contributed by atoms with E-state index in [1.807, 2.05) is 30.7 Å². The van der Waals surface area contributed by atoms with Crippen molar-refractivity contribution in [3.63, 3.8) is 0 Å². The summed E-state index contributed by atoms with van der Waals surface area (Å²) in [6.07, 6.45) is 5.28. The fraction of sp³-hybridized carbons (Fsp3) is 0.364. The van der Waals surface area contributed by atoms with Crippen LogP contribution in [0.5, 0.6) is 0 Å². The molecule has 0 aliphatic carbocycles. The number of halogens is 1. The van der Waals surface area contributed by atoms with E-state index in [-0.39, 0.29) is 19.1 Å². The minimum atomic E-state index is -0.199. The van der Waals surface area contributed by atoms with Gasteiger partial charge in [-0.05, 0) is 31.0 Å². The fourth-order valence-electron chi connectivity index (χ4n) is 3.78. The number of nitrogens with zero attached hydrogens (tertiary/aromatic N) is 6. The Balaban J connectivity index is 1.59. The summed E-state index contributed by atoms with van der Waals surface area (Å²) in [5.74, 6) is 1.39. The number of pyridine rings is 2. The molecule has 0 bridgehead atoms. The van der Waals surface area contributed by atoms with Crippen LogP contribution < -0.4 is 4.90 Å². The minimum Gasteiger partial charge on any atom is -0.395 e. The van der Waals surface area contributed by atoms with Crippen LogP contribution in [0.25, 0.3) is 11.3 Å². The average molecular weight is 441 g/mol. The van der Waals surface area contributed by atoms with E-state index in [2.05, 4.69) is 25.9 Å². The standard InChI is InChI=1S/C22H25ClN6O2/c1-14-8-15(2)21(25-10-14)16-9-19(24-11-17(16)23)29-5-4-28-12-18(26-20(28)13-29)22(31)27(3)6-7-30/h8-12,30H,4-7,13H2,1-3H3. The highest BCUT2D eigenvalue weighted by molar-refractivity contribution is 6.33. The quantitative estimate of drug-likeness (QED) is 0.656. The second-order valence-electron chi connectivity index (χ2n) is 7.81. The second kappa shape index (κ2) is 8.64. The molecular formula is C22H25ClN6O2. The Labute approximate surface area is 186 Å². The van der Waals surface area contributed by atoms with Gasteiger partial charge in [0.1, 0.15) is 17.3 Å². The molecule has 0 atom stereocenters. The van der Waals surface area contributed by atoms with Crippen LogP contribution in [-0.2, 0) is 13.1 Å². The van der Waals surface area contributed by atoms with E-state index in [1.54, 1.807) is 19.4 Å². The predicted molar refractivity (Wildman–Crippen MR) is 119 cm³/mol. The Bertz CT molecular complexity index is 1130. The van der Waals surface area contributed by atoms with Crippen molar-refractivity contribution in [1.29, 1.82) is 0 Å². The summed E-state index contributed by atoms with van der Waals surface area (Å²) in [7, 11) is 1.66. The van der Waals surface area contributed by atoms with E-state index in [0.717, 1.165) is 40.6 Å². The summed E-state index contributed by atoms with van der Waals surface area (Å²) >= 11 is 6.46.